The molecule has 0 saturated heterocycles. The van der Waals surface area contributed by atoms with Gasteiger partial charge in [-0.25, -0.2) is 0 Å². The molecule has 7 heteroatoms. The highest BCUT2D eigenvalue weighted by molar-refractivity contribution is 7.10. The smallest absolute Gasteiger partial charge is 0.181 e. The van der Waals surface area contributed by atoms with E-state index in [2.05, 4.69) is 4.98 Å². The van der Waals surface area contributed by atoms with Crippen molar-refractivity contribution >= 4 is 29.0 Å². The van der Waals surface area contributed by atoms with Crippen LogP contribution in [0.25, 0.3) is 6.08 Å². The van der Waals surface area contributed by atoms with Crippen LogP contribution in [-0.4, -0.2) is 29.8 Å². The summed E-state index contributed by atoms with van der Waals surface area (Å²) in [6, 6.07) is 3.95. The van der Waals surface area contributed by atoms with Crippen LogP contribution in [0.4, 0.5) is 0 Å². The number of carbonyl (C=O) groups excluding carboxylic acids is 2. The van der Waals surface area contributed by atoms with E-state index in [0.717, 1.165) is 4.88 Å². The molecule has 0 atom stereocenters. The standard InChI is InChI=1S/C23H29N3O3S/c1-21(2,3)19(27)17(11-25)9-22(4,5)13-29-14-23(6,7)20(28)16(10-24)8-18-12-26-15-30-18/h8-9,12,15H,13-14H2,1-7H3/b16-8+,17-9+. The molecule has 0 N–H and O–H groups in total. The molecule has 1 aromatic rings. The molecule has 0 radical (unpaired) electrons. The van der Waals surface area contributed by atoms with Crippen molar-refractivity contribution in [3.05, 3.63) is 33.8 Å². The zero-order valence-electron chi connectivity index (χ0n) is 18.7. The first-order chi connectivity index (χ1) is 13.7. The number of nitriles is 2. The summed E-state index contributed by atoms with van der Waals surface area (Å²) >= 11 is 1.35. The maximum absolute atomic E-state index is 12.8. The molecular weight excluding hydrogens is 398 g/mol. The molecular formula is C23H29N3O3S. The largest absolute Gasteiger partial charge is 0.380 e. The molecule has 1 rings (SSSR count). The number of Topliss-reactive ketones (excluding diaryl/α,β-unsaturated/α-hetero) is 2. The van der Waals surface area contributed by atoms with Crippen LogP contribution in [0.1, 0.15) is 53.3 Å². The first kappa shape index (κ1) is 25.4. The lowest BCUT2D eigenvalue weighted by Gasteiger charge is -2.27. The minimum absolute atomic E-state index is 0.0505. The highest BCUT2D eigenvalue weighted by Gasteiger charge is 2.32. The number of ether oxygens (including phenoxy) is 1. The van der Waals surface area contributed by atoms with Crippen LogP contribution < -0.4 is 0 Å². The Bertz CT molecular complexity index is 918. The number of aromatic nitrogens is 1. The molecule has 1 aromatic heterocycles. The Morgan fingerprint density at radius 2 is 1.63 bits per heavy atom. The second-order valence-corrected chi connectivity index (χ2v) is 10.4. The van der Waals surface area contributed by atoms with Crippen molar-refractivity contribution in [3.63, 3.8) is 0 Å². The Labute approximate surface area is 182 Å². The minimum Gasteiger partial charge on any atom is -0.380 e. The van der Waals surface area contributed by atoms with E-state index in [1.807, 2.05) is 26.0 Å². The third-order valence-corrected chi connectivity index (χ3v) is 4.96. The van der Waals surface area contributed by atoms with E-state index in [1.165, 1.54) is 17.4 Å². The van der Waals surface area contributed by atoms with Gasteiger partial charge in [0.1, 0.15) is 12.1 Å². The van der Waals surface area contributed by atoms with Gasteiger partial charge in [0.2, 0.25) is 0 Å². The average Bonchev–Trinajstić information content (AvgIpc) is 3.15. The van der Waals surface area contributed by atoms with Gasteiger partial charge in [-0.3, -0.25) is 14.6 Å². The van der Waals surface area contributed by atoms with Crippen molar-refractivity contribution in [2.45, 2.75) is 48.5 Å². The van der Waals surface area contributed by atoms with Crippen molar-refractivity contribution < 1.29 is 14.3 Å². The second-order valence-electron chi connectivity index (χ2n) is 9.52. The predicted molar refractivity (Wildman–Crippen MR) is 117 cm³/mol. The van der Waals surface area contributed by atoms with E-state index in [4.69, 9.17) is 4.74 Å². The van der Waals surface area contributed by atoms with Gasteiger partial charge in [0, 0.05) is 21.9 Å². The number of rotatable bonds is 9. The Morgan fingerprint density at radius 3 is 2.10 bits per heavy atom. The maximum atomic E-state index is 12.8. The molecule has 160 valence electrons. The molecule has 0 aliphatic heterocycles. The fourth-order valence-electron chi connectivity index (χ4n) is 2.57. The minimum atomic E-state index is -0.911. The number of thiazole rings is 1. The van der Waals surface area contributed by atoms with E-state index in [9.17, 15) is 20.1 Å². The van der Waals surface area contributed by atoms with Gasteiger partial charge in [0.15, 0.2) is 11.6 Å². The third-order valence-electron chi connectivity index (χ3n) is 4.24. The Morgan fingerprint density at radius 1 is 1.03 bits per heavy atom. The fraction of sp³-hybridized carbons (Fsp3) is 0.522. The Balaban J connectivity index is 2.86. The van der Waals surface area contributed by atoms with Gasteiger partial charge < -0.3 is 4.74 Å². The summed E-state index contributed by atoms with van der Waals surface area (Å²) in [5, 5.41) is 18.8. The second kappa shape index (κ2) is 9.93. The summed E-state index contributed by atoms with van der Waals surface area (Å²) in [7, 11) is 0. The summed E-state index contributed by atoms with van der Waals surface area (Å²) in [4.78, 5) is 29.9. The topological polar surface area (TPSA) is 104 Å². The van der Waals surface area contributed by atoms with Gasteiger partial charge in [-0.1, -0.05) is 54.5 Å². The number of allylic oxidation sites excluding steroid dienone is 2. The third kappa shape index (κ3) is 7.33. The molecule has 0 unspecified atom stereocenters. The van der Waals surface area contributed by atoms with Gasteiger partial charge in [-0.15, -0.1) is 11.3 Å². The number of hydrogen-bond acceptors (Lipinski definition) is 7. The lowest BCUT2D eigenvalue weighted by atomic mass is 9.82. The zero-order valence-corrected chi connectivity index (χ0v) is 19.5. The molecule has 0 aromatic carbocycles. The van der Waals surface area contributed by atoms with Crippen LogP contribution in [0.5, 0.6) is 0 Å². The van der Waals surface area contributed by atoms with Crippen molar-refractivity contribution in [2.75, 3.05) is 13.2 Å². The summed E-state index contributed by atoms with van der Waals surface area (Å²) in [5.41, 5.74) is -0.354. The number of carbonyl (C=O) groups is 2. The van der Waals surface area contributed by atoms with Gasteiger partial charge in [-0.2, -0.15) is 10.5 Å². The molecule has 0 amide bonds. The van der Waals surface area contributed by atoms with Crippen LogP contribution in [0.3, 0.4) is 0 Å². The van der Waals surface area contributed by atoms with Gasteiger partial charge in [0.25, 0.3) is 0 Å². The molecule has 0 saturated carbocycles. The summed E-state index contributed by atoms with van der Waals surface area (Å²) in [6.07, 6.45) is 4.75. The average molecular weight is 428 g/mol. The summed E-state index contributed by atoms with van der Waals surface area (Å²) in [5.74, 6) is -0.534. The Kier molecular flexibility index (Phi) is 8.42. The van der Waals surface area contributed by atoms with Crippen LogP contribution >= 0.6 is 11.3 Å². The first-order valence-electron chi connectivity index (χ1n) is 9.54. The summed E-state index contributed by atoms with van der Waals surface area (Å²) < 4.78 is 5.79. The molecule has 30 heavy (non-hydrogen) atoms. The number of hydrogen-bond donors (Lipinski definition) is 0. The van der Waals surface area contributed by atoms with Crippen LogP contribution in [-0.2, 0) is 14.3 Å². The lowest BCUT2D eigenvalue weighted by molar-refractivity contribution is -0.126. The van der Waals surface area contributed by atoms with Crippen molar-refractivity contribution in [1.82, 2.24) is 4.98 Å². The van der Waals surface area contributed by atoms with Gasteiger partial charge >= 0.3 is 0 Å². The van der Waals surface area contributed by atoms with E-state index >= 15 is 0 Å². The van der Waals surface area contributed by atoms with Crippen LogP contribution in [0.15, 0.2) is 28.9 Å². The monoisotopic (exact) mass is 427 g/mol. The van der Waals surface area contributed by atoms with E-state index in [-0.39, 0.29) is 35.9 Å². The normalized spacial score (nSPS) is 13.5. The molecule has 0 aliphatic rings. The molecule has 0 aliphatic carbocycles. The number of nitrogens with zero attached hydrogens (tertiary/aromatic N) is 3. The van der Waals surface area contributed by atoms with Crippen LogP contribution in [0.2, 0.25) is 0 Å². The molecule has 0 bridgehead atoms. The molecule has 1 heterocycles. The summed E-state index contributed by atoms with van der Waals surface area (Å²) in [6.45, 7) is 12.8. The predicted octanol–water partition coefficient (Wildman–Crippen LogP) is 4.75. The SMILES string of the molecule is CC(C)(/C=C(\C#N)C(=O)C(C)(C)C)COCC(C)(C)C(=O)/C(C#N)=C/c1cncs1. The molecule has 6 nitrogen and oxygen atoms in total. The molecule has 0 fully saturated rings. The first-order valence-corrected chi connectivity index (χ1v) is 10.4. The van der Waals surface area contributed by atoms with Gasteiger partial charge in [-0.05, 0) is 6.08 Å². The van der Waals surface area contributed by atoms with Crippen LogP contribution in [0, 0.1) is 38.9 Å². The lowest BCUT2D eigenvalue weighted by Crippen LogP contribution is -2.32. The number of ketones is 2. The van der Waals surface area contributed by atoms with Gasteiger partial charge in [0.05, 0.1) is 35.3 Å². The Hall–Kier alpha value is -2.61. The van der Waals surface area contributed by atoms with Crippen molar-refractivity contribution in [1.29, 1.82) is 10.5 Å². The quantitative estimate of drug-likeness (QED) is 0.416. The van der Waals surface area contributed by atoms with Crippen molar-refractivity contribution in [2.24, 2.45) is 16.2 Å². The highest BCUT2D eigenvalue weighted by atomic mass is 32.1. The molecule has 0 spiro atoms. The zero-order chi connectivity index (χ0) is 23.2. The van der Waals surface area contributed by atoms with E-state index in [0.29, 0.717) is 0 Å². The van der Waals surface area contributed by atoms with Crippen molar-refractivity contribution in [3.8, 4) is 12.1 Å². The van der Waals surface area contributed by atoms with E-state index < -0.39 is 16.2 Å². The highest BCUT2D eigenvalue weighted by Crippen LogP contribution is 2.28. The fourth-order valence-corrected chi connectivity index (χ4v) is 3.12. The maximum Gasteiger partial charge on any atom is 0.181 e. The van der Waals surface area contributed by atoms with E-state index in [1.54, 1.807) is 52.4 Å².